The fourth-order valence-corrected chi connectivity index (χ4v) is 2.91. The highest BCUT2D eigenvalue weighted by Crippen LogP contribution is 2.41. The van der Waals surface area contributed by atoms with Crippen molar-refractivity contribution in [1.82, 2.24) is 0 Å². The first-order chi connectivity index (χ1) is 9.75. The molecule has 21 heavy (non-hydrogen) atoms. The molecule has 0 saturated carbocycles. The zero-order valence-electron chi connectivity index (χ0n) is 14.0. The highest BCUT2D eigenvalue weighted by molar-refractivity contribution is 4.92. The third-order valence-corrected chi connectivity index (χ3v) is 4.98. The molecule has 1 unspecified atom stereocenters. The van der Waals surface area contributed by atoms with Crippen LogP contribution >= 0.6 is 0 Å². The molecule has 0 aliphatic carbocycles. The van der Waals surface area contributed by atoms with Crippen LogP contribution < -0.4 is 0 Å². The monoisotopic (exact) mass is 302 g/mol. The van der Waals surface area contributed by atoms with Crippen molar-refractivity contribution < 1.29 is 24.1 Å². The number of rotatable bonds is 4. The molecule has 5 heteroatoms. The van der Waals surface area contributed by atoms with Crippen LogP contribution in [0.5, 0.6) is 0 Å². The molecule has 0 amide bonds. The molecule has 124 valence electrons. The molecular formula is C16H30O5. The molecule has 2 saturated heterocycles. The van der Waals surface area contributed by atoms with E-state index in [4.69, 9.17) is 18.9 Å². The van der Waals surface area contributed by atoms with Crippen LogP contribution in [0.15, 0.2) is 0 Å². The van der Waals surface area contributed by atoms with Gasteiger partial charge in [0.15, 0.2) is 6.29 Å². The van der Waals surface area contributed by atoms with Crippen LogP contribution in [-0.4, -0.2) is 56.6 Å². The Labute approximate surface area is 127 Å². The van der Waals surface area contributed by atoms with Crippen molar-refractivity contribution in [2.75, 3.05) is 33.5 Å². The molecule has 0 aromatic carbocycles. The van der Waals surface area contributed by atoms with E-state index >= 15 is 0 Å². The van der Waals surface area contributed by atoms with Gasteiger partial charge in [-0.25, -0.2) is 0 Å². The summed E-state index contributed by atoms with van der Waals surface area (Å²) in [5.74, 6) is 0. The Morgan fingerprint density at radius 1 is 1.10 bits per heavy atom. The highest BCUT2D eigenvalue weighted by atomic mass is 16.7. The zero-order valence-corrected chi connectivity index (χ0v) is 14.0. The summed E-state index contributed by atoms with van der Waals surface area (Å²) in [7, 11) is 1.67. The molecule has 0 aromatic heterocycles. The average Bonchev–Trinajstić information content (AvgIpc) is 2.48. The second-order valence-electron chi connectivity index (χ2n) is 7.75. The number of aliphatic hydroxyl groups excluding tert-OH is 1. The van der Waals surface area contributed by atoms with E-state index in [2.05, 4.69) is 0 Å². The van der Waals surface area contributed by atoms with Crippen molar-refractivity contribution in [3.8, 4) is 0 Å². The molecule has 5 nitrogen and oxygen atoms in total. The SMILES string of the molecule is COC(C)(C)C1OCC2(CCC(C(C)(C)CO)OC2)CO1. The lowest BCUT2D eigenvalue weighted by molar-refractivity contribution is -0.306. The second-order valence-corrected chi connectivity index (χ2v) is 7.75. The Bertz CT molecular complexity index is 299. The van der Waals surface area contributed by atoms with E-state index in [1.807, 2.05) is 27.7 Å². The fourth-order valence-electron chi connectivity index (χ4n) is 2.91. The van der Waals surface area contributed by atoms with Crippen LogP contribution in [0.2, 0.25) is 0 Å². The molecule has 0 bridgehead atoms. The Morgan fingerprint density at radius 3 is 2.10 bits per heavy atom. The summed E-state index contributed by atoms with van der Waals surface area (Å²) in [6.07, 6.45) is 1.70. The van der Waals surface area contributed by atoms with Crippen molar-refractivity contribution in [2.24, 2.45) is 10.8 Å². The standard InChI is InChI=1S/C16H30O5/c1-14(2,8-17)12-6-7-16(9-19-12)10-20-13(21-11-16)15(3,4)18-5/h12-13,17H,6-11H2,1-5H3. The van der Waals surface area contributed by atoms with Crippen molar-refractivity contribution in [3.63, 3.8) is 0 Å². The van der Waals surface area contributed by atoms with Crippen LogP contribution in [0.4, 0.5) is 0 Å². The van der Waals surface area contributed by atoms with Gasteiger partial charge in [0, 0.05) is 17.9 Å². The Hall–Kier alpha value is -0.200. The summed E-state index contributed by atoms with van der Waals surface area (Å²) in [5.41, 5.74) is -0.695. The van der Waals surface area contributed by atoms with Crippen LogP contribution in [0, 0.1) is 10.8 Å². The maximum absolute atomic E-state index is 9.46. The number of aliphatic hydroxyl groups is 1. The molecule has 1 atom stereocenters. The topological polar surface area (TPSA) is 57.2 Å². The summed E-state index contributed by atoms with van der Waals surface area (Å²) in [6.45, 7) is 10.1. The van der Waals surface area contributed by atoms with Gasteiger partial charge in [-0.1, -0.05) is 13.8 Å². The minimum absolute atomic E-state index is 0.0532. The van der Waals surface area contributed by atoms with E-state index in [0.717, 1.165) is 12.8 Å². The van der Waals surface area contributed by atoms with Crippen LogP contribution in [-0.2, 0) is 18.9 Å². The lowest BCUT2D eigenvalue weighted by atomic mass is 9.76. The molecular weight excluding hydrogens is 272 g/mol. The van der Waals surface area contributed by atoms with Gasteiger partial charge in [0.2, 0.25) is 0 Å². The maximum atomic E-state index is 9.46. The van der Waals surface area contributed by atoms with Gasteiger partial charge in [-0.15, -0.1) is 0 Å². The minimum Gasteiger partial charge on any atom is -0.396 e. The summed E-state index contributed by atoms with van der Waals surface area (Å²) in [4.78, 5) is 0. The number of methoxy groups -OCH3 is 1. The number of hydrogen-bond acceptors (Lipinski definition) is 5. The smallest absolute Gasteiger partial charge is 0.185 e. The summed E-state index contributed by atoms with van der Waals surface area (Å²) < 4.78 is 23.2. The minimum atomic E-state index is -0.446. The average molecular weight is 302 g/mol. The lowest BCUT2D eigenvalue weighted by Gasteiger charge is -2.48. The Kier molecular flexibility index (Phi) is 5.01. The molecule has 0 aromatic rings. The van der Waals surface area contributed by atoms with E-state index < -0.39 is 5.60 Å². The van der Waals surface area contributed by atoms with Gasteiger partial charge in [-0.3, -0.25) is 0 Å². The first kappa shape index (κ1) is 17.2. The summed E-state index contributed by atoms with van der Waals surface area (Å²) in [5, 5.41) is 9.46. The Morgan fingerprint density at radius 2 is 1.67 bits per heavy atom. The van der Waals surface area contributed by atoms with E-state index in [-0.39, 0.29) is 29.8 Å². The van der Waals surface area contributed by atoms with Gasteiger partial charge in [-0.2, -0.15) is 0 Å². The quantitative estimate of drug-likeness (QED) is 0.860. The third-order valence-electron chi connectivity index (χ3n) is 4.98. The van der Waals surface area contributed by atoms with Crippen LogP contribution in [0.1, 0.15) is 40.5 Å². The molecule has 0 radical (unpaired) electrons. The molecule has 2 aliphatic rings. The van der Waals surface area contributed by atoms with Crippen molar-refractivity contribution >= 4 is 0 Å². The van der Waals surface area contributed by atoms with Crippen molar-refractivity contribution in [3.05, 3.63) is 0 Å². The van der Waals surface area contributed by atoms with Gasteiger partial charge in [0.25, 0.3) is 0 Å². The first-order valence-corrected chi connectivity index (χ1v) is 7.76. The van der Waals surface area contributed by atoms with E-state index in [1.54, 1.807) is 7.11 Å². The fraction of sp³-hybridized carbons (Fsp3) is 1.00. The molecule has 1 spiro atoms. The molecule has 1 N–H and O–H groups in total. The third kappa shape index (κ3) is 3.59. The molecule has 2 fully saturated rings. The summed E-state index contributed by atoms with van der Waals surface area (Å²) in [6, 6.07) is 0. The van der Waals surface area contributed by atoms with Gasteiger partial charge in [0.1, 0.15) is 5.60 Å². The molecule has 2 heterocycles. The van der Waals surface area contributed by atoms with Gasteiger partial charge in [-0.05, 0) is 26.7 Å². The largest absolute Gasteiger partial charge is 0.396 e. The van der Waals surface area contributed by atoms with E-state index in [0.29, 0.717) is 19.8 Å². The molecule has 2 aliphatic heterocycles. The van der Waals surface area contributed by atoms with Gasteiger partial charge < -0.3 is 24.1 Å². The lowest BCUT2D eigenvalue weighted by Crippen LogP contribution is -2.55. The number of ether oxygens (including phenoxy) is 4. The van der Waals surface area contributed by atoms with E-state index in [9.17, 15) is 5.11 Å². The van der Waals surface area contributed by atoms with E-state index in [1.165, 1.54) is 0 Å². The van der Waals surface area contributed by atoms with Crippen molar-refractivity contribution in [1.29, 1.82) is 0 Å². The normalized spacial score (nSPS) is 35.1. The maximum Gasteiger partial charge on any atom is 0.185 e. The van der Waals surface area contributed by atoms with Crippen LogP contribution in [0.25, 0.3) is 0 Å². The van der Waals surface area contributed by atoms with Gasteiger partial charge in [0.05, 0.1) is 32.5 Å². The predicted octanol–water partition coefficient (Wildman–Crippen LogP) is 1.97. The Balaban J connectivity index is 1.89. The highest BCUT2D eigenvalue weighted by Gasteiger charge is 2.46. The second kappa shape index (κ2) is 6.13. The summed E-state index contributed by atoms with van der Waals surface area (Å²) >= 11 is 0. The van der Waals surface area contributed by atoms with Gasteiger partial charge >= 0.3 is 0 Å². The van der Waals surface area contributed by atoms with Crippen molar-refractivity contribution in [2.45, 2.75) is 58.5 Å². The number of hydrogen-bond donors (Lipinski definition) is 1. The first-order valence-electron chi connectivity index (χ1n) is 7.76. The zero-order chi connectivity index (χ0) is 15.7. The predicted molar refractivity (Wildman–Crippen MR) is 79.1 cm³/mol. The van der Waals surface area contributed by atoms with Crippen LogP contribution in [0.3, 0.4) is 0 Å². The molecule has 2 rings (SSSR count).